The molecule has 0 saturated heterocycles. The summed E-state index contributed by atoms with van der Waals surface area (Å²) in [5.74, 6) is 0.833. The van der Waals surface area contributed by atoms with E-state index < -0.39 is 0 Å². The van der Waals surface area contributed by atoms with Gasteiger partial charge in [0.2, 0.25) is 0 Å². The molecular weight excluding hydrogens is 136 g/mol. The number of carbonyl (C=O) groups is 1. The molecular formula is C10H18O. The van der Waals surface area contributed by atoms with Gasteiger partial charge in [-0.1, -0.05) is 32.8 Å². The molecule has 0 aliphatic carbocycles. The molecule has 0 heterocycles. The van der Waals surface area contributed by atoms with Gasteiger partial charge < -0.3 is 0 Å². The zero-order valence-electron chi connectivity index (χ0n) is 7.55. The van der Waals surface area contributed by atoms with Crippen LogP contribution in [0.1, 0.15) is 39.5 Å². The summed E-state index contributed by atoms with van der Waals surface area (Å²) in [7, 11) is 0. The van der Waals surface area contributed by atoms with Crippen LogP contribution in [-0.4, -0.2) is 6.29 Å². The molecule has 0 bridgehead atoms. The first-order valence-corrected chi connectivity index (χ1v) is 4.41. The van der Waals surface area contributed by atoms with Gasteiger partial charge in [0.15, 0.2) is 0 Å². The third kappa shape index (κ3) is 7.31. The third-order valence-corrected chi connectivity index (χ3v) is 1.98. The summed E-state index contributed by atoms with van der Waals surface area (Å²) in [5, 5.41) is 0. The molecule has 0 spiro atoms. The average molecular weight is 154 g/mol. The van der Waals surface area contributed by atoms with Crippen molar-refractivity contribution in [3.63, 3.8) is 0 Å². The zero-order chi connectivity index (χ0) is 8.53. The second-order valence-electron chi connectivity index (χ2n) is 3.01. The maximum Gasteiger partial charge on any atom is 0.142 e. The van der Waals surface area contributed by atoms with Gasteiger partial charge in [-0.2, -0.15) is 0 Å². The highest BCUT2D eigenvalue weighted by atomic mass is 16.1. The van der Waals surface area contributed by atoms with Crippen LogP contribution in [0.2, 0.25) is 0 Å². The maximum atomic E-state index is 9.87. The number of aldehydes is 1. The Balaban J connectivity index is 3.13. The van der Waals surface area contributed by atoms with Crippen molar-refractivity contribution in [3.05, 3.63) is 12.2 Å². The molecule has 0 rings (SSSR count). The summed E-state index contributed by atoms with van der Waals surface area (Å²) < 4.78 is 0. The number of hydrogen-bond acceptors (Lipinski definition) is 1. The molecule has 0 aromatic rings. The van der Waals surface area contributed by atoms with Crippen molar-refractivity contribution in [2.75, 3.05) is 0 Å². The van der Waals surface area contributed by atoms with Gasteiger partial charge in [0.1, 0.15) is 6.29 Å². The molecule has 0 N–H and O–H groups in total. The summed E-state index contributed by atoms with van der Waals surface area (Å²) in [5.41, 5.74) is 0. The highest BCUT2D eigenvalue weighted by Crippen LogP contribution is 2.10. The highest BCUT2D eigenvalue weighted by molar-refractivity contribution is 5.64. The Morgan fingerprint density at radius 3 is 2.73 bits per heavy atom. The first-order chi connectivity index (χ1) is 5.31. The van der Waals surface area contributed by atoms with Crippen molar-refractivity contribution >= 4 is 6.29 Å². The predicted octanol–water partition coefficient (Wildman–Crippen LogP) is 2.96. The molecule has 0 aliphatic rings. The Hall–Kier alpha value is -0.590. The SMILES string of the molecule is CCC(C)CCC/C=C/C=O. The number of hydrogen-bond donors (Lipinski definition) is 0. The Labute approximate surface area is 69.5 Å². The van der Waals surface area contributed by atoms with E-state index in [2.05, 4.69) is 13.8 Å². The molecule has 1 atom stereocenters. The minimum Gasteiger partial charge on any atom is -0.299 e. The van der Waals surface area contributed by atoms with Crippen LogP contribution in [0.25, 0.3) is 0 Å². The van der Waals surface area contributed by atoms with E-state index in [0.29, 0.717) is 0 Å². The number of unbranched alkanes of at least 4 members (excludes halogenated alkanes) is 1. The number of rotatable bonds is 6. The fourth-order valence-corrected chi connectivity index (χ4v) is 0.940. The zero-order valence-corrected chi connectivity index (χ0v) is 7.55. The molecule has 1 heteroatoms. The van der Waals surface area contributed by atoms with Crippen molar-refractivity contribution in [3.8, 4) is 0 Å². The minimum absolute atomic E-state index is 0.833. The van der Waals surface area contributed by atoms with E-state index in [4.69, 9.17) is 0 Å². The van der Waals surface area contributed by atoms with Gasteiger partial charge in [-0.25, -0.2) is 0 Å². The summed E-state index contributed by atoms with van der Waals surface area (Å²) in [4.78, 5) is 9.87. The van der Waals surface area contributed by atoms with Gasteiger partial charge in [-0.05, 0) is 24.8 Å². The largest absolute Gasteiger partial charge is 0.299 e. The van der Waals surface area contributed by atoms with E-state index >= 15 is 0 Å². The fourth-order valence-electron chi connectivity index (χ4n) is 0.940. The molecule has 0 radical (unpaired) electrons. The lowest BCUT2D eigenvalue weighted by Crippen LogP contribution is -1.90. The Morgan fingerprint density at radius 2 is 2.18 bits per heavy atom. The number of allylic oxidation sites excluding steroid dienone is 2. The third-order valence-electron chi connectivity index (χ3n) is 1.98. The van der Waals surface area contributed by atoms with Gasteiger partial charge in [-0.15, -0.1) is 0 Å². The molecule has 1 nitrogen and oxygen atoms in total. The minimum atomic E-state index is 0.833. The van der Waals surface area contributed by atoms with Crippen LogP contribution < -0.4 is 0 Å². The topological polar surface area (TPSA) is 17.1 Å². The lowest BCUT2D eigenvalue weighted by molar-refractivity contribution is -0.104. The Morgan fingerprint density at radius 1 is 1.45 bits per heavy atom. The standard InChI is InChI=1S/C10H18O/c1-3-10(2)8-6-4-5-7-9-11/h5,7,9-10H,3-4,6,8H2,1-2H3/b7-5+. The molecule has 0 aliphatic heterocycles. The summed E-state index contributed by atoms with van der Waals surface area (Å²) >= 11 is 0. The predicted molar refractivity (Wildman–Crippen MR) is 48.5 cm³/mol. The monoisotopic (exact) mass is 154 g/mol. The molecule has 0 amide bonds. The summed E-state index contributed by atoms with van der Waals surface area (Å²) in [6.45, 7) is 4.48. The second-order valence-corrected chi connectivity index (χ2v) is 3.01. The van der Waals surface area contributed by atoms with E-state index in [-0.39, 0.29) is 0 Å². The van der Waals surface area contributed by atoms with Crippen molar-refractivity contribution in [1.82, 2.24) is 0 Å². The Kier molecular flexibility index (Phi) is 7.11. The quantitative estimate of drug-likeness (QED) is 0.326. The van der Waals surface area contributed by atoms with Crippen LogP contribution in [0.15, 0.2) is 12.2 Å². The maximum absolute atomic E-state index is 9.87. The van der Waals surface area contributed by atoms with Crippen molar-refractivity contribution in [2.24, 2.45) is 5.92 Å². The van der Waals surface area contributed by atoms with Crippen LogP contribution in [-0.2, 0) is 4.79 Å². The van der Waals surface area contributed by atoms with Crippen molar-refractivity contribution < 1.29 is 4.79 Å². The van der Waals surface area contributed by atoms with Crippen molar-refractivity contribution in [1.29, 1.82) is 0 Å². The van der Waals surface area contributed by atoms with Gasteiger partial charge in [-0.3, -0.25) is 4.79 Å². The molecule has 1 unspecified atom stereocenters. The van der Waals surface area contributed by atoms with Crippen LogP contribution >= 0.6 is 0 Å². The van der Waals surface area contributed by atoms with Crippen LogP contribution in [0.5, 0.6) is 0 Å². The highest BCUT2D eigenvalue weighted by Gasteiger charge is 1.95. The summed E-state index contributed by atoms with van der Waals surface area (Å²) in [6, 6.07) is 0. The van der Waals surface area contributed by atoms with E-state index in [1.54, 1.807) is 6.08 Å². The van der Waals surface area contributed by atoms with Gasteiger partial charge in [0, 0.05) is 0 Å². The molecule has 0 saturated carbocycles. The lowest BCUT2D eigenvalue weighted by Gasteiger charge is -2.04. The van der Waals surface area contributed by atoms with E-state index in [1.807, 2.05) is 6.08 Å². The summed E-state index contributed by atoms with van der Waals surface area (Å²) in [6.07, 6.45) is 9.15. The van der Waals surface area contributed by atoms with Crippen LogP contribution in [0.4, 0.5) is 0 Å². The number of carbonyl (C=O) groups excluding carboxylic acids is 1. The van der Waals surface area contributed by atoms with Gasteiger partial charge in [0.05, 0.1) is 0 Å². The van der Waals surface area contributed by atoms with Gasteiger partial charge >= 0.3 is 0 Å². The second kappa shape index (κ2) is 7.52. The van der Waals surface area contributed by atoms with Gasteiger partial charge in [0.25, 0.3) is 0 Å². The molecule has 0 aromatic carbocycles. The van der Waals surface area contributed by atoms with Crippen molar-refractivity contribution in [2.45, 2.75) is 39.5 Å². The Bertz CT molecular complexity index is 116. The molecule has 11 heavy (non-hydrogen) atoms. The van der Waals surface area contributed by atoms with E-state index in [9.17, 15) is 4.79 Å². The average Bonchev–Trinajstić information content (AvgIpc) is 2.04. The lowest BCUT2D eigenvalue weighted by atomic mass is 10.0. The fraction of sp³-hybridized carbons (Fsp3) is 0.700. The molecule has 0 aromatic heterocycles. The van der Waals surface area contributed by atoms with Crippen LogP contribution in [0.3, 0.4) is 0 Å². The normalized spacial score (nSPS) is 13.6. The molecule has 0 fully saturated rings. The van der Waals surface area contributed by atoms with E-state index in [0.717, 1.165) is 18.6 Å². The first-order valence-electron chi connectivity index (χ1n) is 4.41. The smallest absolute Gasteiger partial charge is 0.142 e. The van der Waals surface area contributed by atoms with Crippen LogP contribution in [0, 0.1) is 5.92 Å². The first kappa shape index (κ1) is 10.4. The van der Waals surface area contributed by atoms with E-state index in [1.165, 1.54) is 19.3 Å². The molecule has 64 valence electrons.